The number of rotatable bonds is 0. The Morgan fingerprint density at radius 3 is 2.27 bits per heavy atom. The third-order valence-corrected chi connectivity index (χ3v) is 1.98. The fourth-order valence-electron chi connectivity index (χ4n) is 1.50. The van der Waals surface area contributed by atoms with Gasteiger partial charge in [0.1, 0.15) is 17.0 Å². The number of halogens is 1. The second-order valence-electron chi connectivity index (χ2n) is 3.79. The fourth-order valence-corrected chi connectivity index (χ4v) is 1.78. The summed E-state index contributed by atoms with van der Waals surface area (Å²) < 4.78 is 5.39. The maximum Gasteiger partial charge on any atom is 0.139 e. The average molecular weight is 177 g/mol. The molecular formula is C8H13ClO2. The maximum absolute atomic E-state index is 9.71. The average Bonchev–Trinajstić information content (AvgIpc) is 1.99. The Morgan fingerprint density at radius 1 is 1.55 bits per heavy atom. The predicted molar refractivity (Wildman–Crippen MR) is 44.3 cm³/mol. The van der Waals surface area contributed by atoms with E-state index < -0.39 is 5.60 Å². The SMILES string of the molecule is CC1(C)CC(C)(O)/C(=C/Cl)O1. The lowest BCUT2D eigenvalue weighted by atomic mass is 9.94. The molecule has 1 aliphatic rings. The molecule has 0 bridgehead atoms. The lowest BCUT2D eigenvalue weighted by Crippen LogP contribution is -2.25. The molecule has 0 aromatic heterocycles. The second kappa shape index (κ2) is 2.39. The van der Waals surface area contributed by atoms with Crippen LogP contribution in [0.3, 0.4) is 0 Å². The summed E-state index contributed by atoms with van der Waals surface area (Å²) in [5, 5.41) is 9.71. The van der Waals surface area contributed by atoms with Crippen LogP contribution in [0.15, 0.2) is 11.3 Å². The molecule has 3 heteroatoms. The summed E-state index contributed by atoms with van der Waals surface area (Å²) in [6.07, 6.45) is 0.582. The summed E-state index contributed by atoms with van der Waals surface area (Å²) in [5.41, 5.74) is 0.101. The summed E-state index contributed by atoms with van der Waals surface area (Å²) in [7, 11) is 0. The Kier molecular flexibility index (Phi) is 1.93. The minimum absolute atomic E-state index is 0.301. The van der Waals surface area contributed by atoms with E-state index in [2.05, 4.69) is 0 Å². The van der Waals surface area contributed by atoms with Gasteiger partial charge >= 0.3 is 0 Å². The lowest BCUT2D eigenvalue weighted by Gasteiger charge is -2.16. The van der Waals surface area contributed by atoms with Gasteiger partial charge in [-0.05, 0) is 20.8 Å². The maximum atomic E-state index is 9.71. The highest BCUT2D eigenvalue weighted by molar-refractivity contribution is 6.25. The zero-order valence-corrected chi connectivity index (χ0v) is 7.77. The van der Waals surface area contributed by atoms with Gasteiger partial charge in [0.15, 0.2) is 0 Å². The van der Waals surface area contributed by atoms with Crippen LogP contribution in [-0.2, 0) is 4.74 Å². The van der Waals surface area contributed by atoms with Gasteiger partial charge in [-0.25, -0.2) is 0 Å². The van der Waals surface area contributed by atoms with Crippen molar-refractivity contribution in [2.75, 3.05) is 0 Å². The Bertz CT molecular complexity index is 194. The van der Waals surface area contributed by atoms with Crippen LogP contribution in [0.1, 0.15) is 27.2 Å². The van der Waals surface area contributed by atoms with Crippen LogP contribution in [0.4, 0.5) is 0 Å². The first-order chi connectivity index (χ1) is 4.87. The van der Waals surface area contributed by atoms with Crippen molar-refractivity contribution < 1.29 is 9.84 Å². The van der Waals surface area contributed by atoms with Crippen molar-refractivity contribution in [2.24, 2.45) is 0 Å². The molecule has 0 saturated carbocycles. The van der Waals surface area contributed by atoms with E-state index in [0.29, 0.717) is 12.2 Å². The van der Waals surface area contributed by atoms with Gasteiger partial charge in [-0.2, -0.15) is 0 Å². The first kappa shape index (κ1) is 8.88. The van der Waals surface area contributed by atoms with Crippen molar-refractivity contribution >= 4 is 11.6 Å². The molecule has 0 aromatic rings. The van der Waals surface area contributed by atoms with E-state index in [-0.39, 0.29) is 5.60 Å². The lowest BCUT2D eigenvalue weighted by molar-refractivity contribution is 0.0752. The third-order valence-electron chi connectivity index (χ3n) is 1.79. The number of hydrogen-bond donors (Lipinski definition) is 1. The van der Waals surface area contributed by atoms with Crippen molar-refractivity contribution in [1.82, 2.24) is 0 Å². The Labute approximate surface area is 71.8 Å². The van der Waals surface area contributed by atoms with Crippen LogP contribution in [0.2, 0.25) is 0 Å². The van der Waals surface area contributed by atoms with E-state index in [9.17, 15) is 5.11 Å². The van der Waals surface area contributed by atoms with Gasteiger partial charge < -0.3 is 9.84 Å². The largest absolute Gasteiger partial charge is 0.488 e. The van der Waals surface area contributed by atoms with Crippen molar-refractivity contribution in [3.05, 3.63) is 11.3 Å². The first-order valence-corrected chi connectivity index (χ1v) is 4.03. The summed E-state index contributed by atoms with van der Waals surface area (Å²) >= 11 is 5.47. The molecule has 1 aliphatic heterocycles. The zero-order valence-electron chi connectivity index (χ0n) is 7.02. The molecule has 0 aliphatic carbocycles. The molecule has 1 unspecified atom stereocenters. The smallest absolute Gasteiger partial charge is 0.139 e. The van der Waals surface area contributed by atoms with E-state index in [1.54, 1.807) is 6.92 Å². The predicted octanol–water partition coefficient (Wildman–Crippen LogP) is 2.02. The van der Waals surface area contributed by atoms with Crippen LogP contribution in [0, 0.1) is 0 Å². The topological polar surface area (TPSA) is 29.5 Å². The van der Waals surface area contributed by atoms with Gasteiger partial charge in [-0.15, -0.1) is 0 Å². The van der Waals surface area contributed by atoms with Crippen LogP contribution < -0.4 is 0 Å². The molecule has 0 amide bonds. The minimum Gasteiger partial charge on any atom is -0.488 e. The van der Waals surface area contributed by atoms with Crippen LogP contribution >= 0.6 is 11.6 Å². The van der Waals surface area contributed by atoms with Crippen LogP contribution in [0.25, 0.3) is 0 Å². The highest BCUT2D eigenvalue weighted by Gasteiger charge is 2.44. The second-order valence-corrected chi connectivity index (χ2v) is 4.00. The number of ether oxygens (including phenoxy) is 1. The molecule has 1 saturated heterocycles. The van der Waals surface area contributed by atoms with Gasteiger partial charge in [0, 0.05) is 12.0 Å². The molecule has 2 nitrogen and oxygen atoms in total. The molecule has 64 valence electrons. The molecule has 0 aromatic carbocycles. The molecule has 11 heavy (non-hydrogen) atoms. The van der Waals surface area contributed by atoms with E-state index >= 15 is 0 Å². The fraction of sp³-hybridized carbons (Fsp3) is 0.750. The summed E-state index contributed by atoms with van der Waals surface area (Å²) in [6, 6.07) is 0. The normalized spacial score (nSPS) is 39.2. The van der Waals surface area contributed by atoms with Crippen molar-refractivity contribution in [3.63, 3.8) is 0 Å². The van der Waals surface area contributed by atoms with Crippen molar-refractivity contribution in [3.8, 4) is 0 Å². The molecule has 1 N–H and O–H groups in total. The summed E-state index contributed by atoms with van der Waals surface area (Å²) in [5.74, 6) is 0.462. The Hall–Kier alpha value is -0.210. The quantitative estimate of drug-likeness (QED) is 0.612. The molecule has 1 heterocycles. The van der Waals surface area contributed by atoms with Gasteiger partial charge in [0.2, 0.25) is 0 Å². The molecule has 0 spiro atoms. The van der Waals surface area contributed by atoms with Gasteiger partial charge in [0.25, 0.3) is 0 Å². The van der Waals surface area contributed by atoms with E-state index in [1.807, 2.05) is 13.8 Å². The molecule has 1 rings (SSSR count). The Morgan fingerprint density at radius 2 is 2.09 bits per heavy atom. The Balaban J connectivity index is 2.89. The summed E-state index contributed by atoms with van der Waals surface area (Å²) in [6.45, 7) is 5.56. The molecular weight excluding hydrogens is 164 g/mol. The van der Waals surface area contributed by atoms with Gasteiger partial charge in [0.05, 0.1) is 0 Å². The standard InChI is InChI=1S/C8H13ClO2/c1-7(2)5-8(3,10)6(4-9)11-7/h4,10H,5H2,1-3H3/b6-4-. The van der Waals surface area contributed by atoms with E-state index in [0.717, 1.165) is 0 Å². The summed E-state index contributed by atoms with van der Waals surface area (Å²) in [4.78, 5) is 0. The first-order valence-electron chi connectivity index (χ1n) is 3.60. The number of aliphatic hydroxyl groups is 1. The van der Waals surface area contributed by atoms with E-state index in [1.165, 1.54) is 5.54 Å². The monoisotopic (exact) mass is 176 g/mol. The van der Waals surface area contributed by atoms with Crippen LogP contribution in [-0.4, -0.2) is 16.3 Å². The highest BCUT2D eigenvalue weighted by Crippen LogP contribution is 2.40. The van der Waals surface area contributed by atoms with Crippen molar-refractivity contribution in [2.45, 2.75) is 38.4 Å². The highest BCUT2D eigenvalue weighted by atomic mass is 35.5. The molecule has 0 radical (unpaired) electrons. The number of hydrogen-bond acceptors (Lipinski definition) is 2. The van der Waals surface area contributed by atoms with Gasteiger partial charge in [-0.1, -0.05) is 11.6 Å². The van der Waals surface area contributed by atoms with Crippen LogP contribution in [0.5, 0.6) is 0 Å². The van der Waals surface area contributed by atoms with Gasteiger partial charge in [-0.3, -0.25) is 0 Å². The van der Waals surface area contributed by atoms with E-state index in [4.69, 9.17) is 16.3 Å². The molecule has 1 atom stereocenters. The third kappa shape index (κ3) is 1.68. The van der Waals surface area contributed by atoms with Crippen molar-refractivity contribution in [1.29, 1.82) is 0 Å². The zero-order chi connectivity index (χ0) is 8.70. The molecule has 1 fully saturated rings. The minimum atomic E-state index is -0.898.